The molecule has 1 aliphatic carbocycles. The summed E-state index contributed by atoms with van der Waals surface area (Å²) in [5, 5.41) is 0. The lowest BCUT2D eigenvalue weighted by Gasteiger charge is -2.38. The van der Waals surface area contributed by atoms with E-state index < -0.39 is 0 Å². The predicted molar refractivity (Wildman–Crippen MR) is 95.2 cm³/mol. The van der Waals surface area contributed by atoms with Crippen molar-refractivity contribution in [3.63, 3.8) is 0 Å². The molecule has 0 radical (unpaired) electrons. The van der Waals surface area contributed by atoms with Gasteiger partial charge in [-0.2, -0.15) is 0 Å². The summed E-state index contributed by atoms with van der Waals surface area (Å²) in [6.45, 7) is 3.72. The van der Waals surface area contributed by atoms with Crippen LogP contribution in [0.15, 0.2) is 28.7 Å². The van der Waals surface area contributed by atoms with Gasteiger partial charge < -0.3 is 10.6 Å². The lowest BCUT2D eigenvalue weighted by molar-refractivity contribution is -0.136. The number of likely N-dealkylation sites (tertiary alicyclic amines) is 1. The van der Waals surface area contributed by atoms with Crippen LogP contribution in [0.2, 0.25) is 0 Å². The molecule has 5 heteroatoms. The van der Waals surface area contributed by atoms with Gasteiger partial charge >= 0.3 is 0 Å². The summed E-state index contributed by atoms with van der Waals surface area (Å²) >= 11 is 3.51. The van der Waals surface area contributed by atoms with E-state index in [9.17, 15) is 4.79 Å². The second kappa shape index (κ2) is 7.33. The van der Waals surface area contributed by atoms with Crippen molar-refractivity contribution >= 4 is 34.2 Å². The van der Waals surface area contributed by atoms with Crippen molar-refractivity contribution in [2.45, 2.75) is 38.1 Å². The molecule has 1 aromatic rings. The summed E-state index contributed by atoms with van der Waals surface area (Å²) in [5.74, 6) is 1.57. The Hall–Kier alpha value is -0.580. The minimum atomic E-state index is 0. The van der Waals surface area contributed by atoms with Gasteiger partial charge in [-0.1, -0.05) is 35.0 Å². The number of hydrogen-bond acceptors (Lipinski definition) is 2. The number of halogens is 2. The number of rotatable bonds is 3. The number of nitrogens with two attached hydrogens (primary N) is 1. The Kier molecular flexibility index (Phi) is 5.92. The molecule has 1 aliphatic heterocycles. The van der Waals surface area contributed by atoms with Crippen molar-refractivity contribution in [1.29, 1.82) is 0 Å². The van der Waals surface area contributed by atoms with E-state index in [1.165, 1.54) is 5.56 Å². The Morgan fingerprint density at radius 1 is 1.41 bits per heavy atom. The largest absolute Gasteiger partial charge is 0.338 e. The standard InChI is InChI=1S/C17H23BrN2O.ClH/c1-11-5-6-20(14(7-11)10-19)17(21)16-9-15(16)12-3-2-4-13(18)8-12;/h2-4,8,11,14-16H,5-7,9-10,19H2,1H3;1H. The average Bonchev–Trinajstić information content (AvgIpc) is 3.27. The van der Waals surface area contributed by atoms with Crippen molar-refractivity contribution in [2.24, 2.45) is 17.6 Å². The Bertz CT molecular complexity index is 539. The molecule has 1 saturated heterocycles. The fourth-order valence-corrected chi connectivity index (χ4v) is 3.97. The molecule has 2 fully saturated rings. The Morgan fingerprint density at radius 3 is 2.86 bits per heavy atom. The Morgan fingerprint density at radius 2 is 2.18 bits per heavy atom. The normalized spacial score (nSPS) is 30.6. The average molecular weight is 388 g/mol. The third-order valence-electron chi connectivity index (χ3n) is 4.92. The third kappa shape index (κ3) is 3.66. The molecule has 4 atom stereocenters. The van der Waals surface area contributed by atoms with Gasteiger partial charge in [0.1, 0.15) is 0 Å². The van der Waals surface area contributed by atoms with Crippen LogP contribution >= 0.6 is 28.3 Å². The maximum absolute atomic E-state index is 12.8. The van der Waals surface area contributed by atoms with Crippen molar-refractivity contribution in [2.75, 3.05) is 13.1 Å². The van der Waals surface area contributed by atoms with E-state index in [1.807, 2.05) is 12.1 Å². The second-order valence-electron chi connectivity index (χ2n) is 6.55. The van der Waals surface area contributed by atoms with Gasteiger partial charge in [0, 0.05) is 29.5 Å². The minimum Gasteiger partial charge on any atom is -0.338 e. The van der Waals surface area contributed by atoms with Gasteiger partial charge in [0.2, 0.25) is 5.91 Å². The van der Waals surface area contributed by atoms with Gasteiger partial charge in [-0.25, -0.2) is 0 Å². The minimum absolute atomic E-state index is 0. The first-order valence-electron chi connectivity index (χ1n) is 7.86. The molecule has 0 bridgehead atoms. The molecule has 1 aromatic carbocycles. The monoisotopic (exact) mass is 386 g/mol. The number of carbonyl (C=O) groups excluding carboxylic acids is 1. The lowest BCUT2D eigenvalue weighted by Crippen LogP contribution is -2.49. The van der Waals surface area contributed by atoms with Crippen molar-refractivity contribution in [3.8, 4) is 0 Å². The van der Waals surface area contributed by atoms with Gasteiger partial charge in [-0.05, 0) is 48.8 Å². The van der Waals surface area contributed by atoms with E-state index in [4.69, 9.17) is 5.73 Å². The van der Waals surface area contributed by atoms with Crippen LogP contribution in [0.25, 0.3) is 0 Å². The molecule has 0 spiro atoms. The van der Waals surface area contributed by atoms with Crippen LogP contribution in [-0.4, -0.2) is 29.9 Å². The van der Waals surface area contributed by atoms with Gasteiger partial charge in [0.25, 0.3) is 0 Å². The number of benzene rings is 1. The van der Waals surface area contributed by atoms with Crippen molar-refractivity contribution in [3.05, 3.63) is 34.3 Å². The van der Waals surface area contributed by atoms with Crippen LogP contribution < -0.4 is 5.73 Å². The van der Waals surface area contributed by atoms with Crippen LogP contribution in [0.5, 0.6) is 0 Å². The van der Waals surface area contributed by atoms with Gasteiger partial charge in [0.15, 0.2) is 0 Å². The highest BCUT2D eigenvalue weighted by atomic mass is 79.9. The molecule has 0 aromatic heterocycles. The highest BCUT2D eigenvalue weighted by Gasteiger charge is 2.47. The predicted octanol–water partition coefficient (Wildman–Crippen LogP) is 3.56. The lowest BCUT2D eigenvalue weighted by atomic mass is 9.92. The van der Waals surface area contributed by atoms with E-state index in [1.54, 1.807) is 0 Å². The number of amides is 1. The summed E-state index contributed by atoms with van der Waals surface area (Å²) in [7, 11) is 0. The highest BCUT2D eigenvalue weighted by molar-refractivity contribution is 9.10. The highest BCUT2D eigenvalue weighted by Crippen LogP contribution is 2.49. The smallest absolute Gasteiger partial charge is 0.226 e. The summed E-state index contributed by atoms with van der Waals surface area (Å²) in [5.41, 5.74) is 7.16. The van der Waals surface area contributed by atoms with E-state index in [0.717, 1.165) is 30.3 Å². The van der Waals surface area contributed by atoms with Crippen LogP contribution in [0, 0.1) is 11.8 Å². The number of piperidine rings is 1. The zero-order chi connectivity index (χ0) is 15.0. The fraction of sp³-hybridized carbons (Fsp3) is 0.588. The zero-order valence-corrected chi connectivity index (χ0v) is 15.3. The SMILES string of the molecule is CC1CCN(C(=O)C2CC2c2cccc(Br)c2)C(CN)C1.Cl. The third-order valence-corrected chi connectivity index (χ3v) is 5.41. The molecule has 22 heavy (non-hydrogen) atoms. The first kappa shape index (κ1) is 17.8. The number of hydrogen-bond donors (Lipinski definition) is 1. The summed E-state index contributed by atoms with van der Waals surface area (Å²) in [6.07, 6.45) is 3.14. The molecule has 1 saturated carbocycles. The molecule has 1 heterocycles. The van der Waals surface area contributed by atoms with Crippen molar-refractivity contribution < 1.29 is 4.79 Å². The molecule has 3 rings (SSSR count). The molecule has 3 nitrogen and oxygen atoms in total. The molecule has 2 N–H and O–H groups in total. The Labute approximate surface area is 147 Å². The summed E-state index contributed by atoms with van der Waals surface area (Å²) in [4.78, 5) is 14.8. The molecule has 122 valence electrons. The van der Waals surface area contributed by atoms with Crippen LogP contribution in [0.4, 0.5) is 0 Å². The fourth-order valence-electron chi connectivity index (χ4n) is 3.55. The maximum Gasteiger partial charge on any atom is 0.226 e. The van der Waals surface area contributed by atoms with Gasteiger partial charge in [-0.3, -0.25) is 4.79 Å². The summed E-state index contributed by atoms with van der Waals surface area (Å²) in [6, 6.07) is 8.58. The zero-order valence-electron chi connectivity index (χ0n) is 12.9. The summed E-state index contributed by atoms with van der Waals surface area (Å²) < 4.78 is 1.09. The quantitative estimate of drug-likeness (QED) is 0.862. The van der Waals surface area contributed by atoms with Crippen LogP contribution in [0.3, 0.4) is 0 Å². The first-order valence-corrected chi connectivity index (χ1v) is 8.65. The number of carbonyl (C=O) groups is 1. The van der Waals surface area contributed by atoms with Crippen LogP contribution in [-0.2, 0) is 4.79 Å². The topological polar surface area (TPSA) is 46.3 Å². The van der Waals surface area contributed by atoms with E-state index >= 15 is 0 Å². The van der Waals surface area contributed by atoms with E-state index in [0.29, 0.717) is 24.3 Å². The molecule has 1 amide bonds. The van der Waals surface area contributed by atoms with Crippen molar-refractivity contribution in [1.82, 2.24) is 4.90 Å². The van der Waals surface area contributed by atoms with E-state index in [-0.39, 0.29) is 24.4 Å². The maximum atomic E-state index is 12.8. The molecular weight excluding hydrogens is 364 g/mol. The van der Waals surface area contributed by atoms with E-state index in [2.05, 4.69) is 39.9 Å². The first-order chi connectivity index (χ1) is 10.1. The molecule has 4 unspecified atom stereocenters. The Balaban J connectivity index is 0.00000176. The second-order valence-corrected chi connectivity index (χ2v) is 7.47. The number of nitrogens with zero attached hydrogens (tertiary/aromatic N) is 1. The van der Waals surface area contributed by atoms with Crippen LogP contribution in [0.1, 0.15) is 37.7 Å². The molecular formula is C17H24BrClN2O. The van der Waals surface area contributed by atoms with Gasteiger partial charge in [0.05, 0.1) is 0 Å². The molecule has 2 aliphatic rings. The van der Waals surface area contributed by atoms with Gasteiger partial charge in [-0.15, -0.1) is 12.4 Å².